The summed E-state index contributed by atoms with van der Waals surface area (Å²) in [6, 6.07) is 4.89. The fourth-order valence-corrected chi connectivity index (χ4v) is 2.66. The molecule has 0 bridgehead atoms. The van der Waals surface area contributed by atoms with E-state index in [-0.39, 0.29) is 5.54 Å². The molecule has 0 aromatic heterocycles. The third-order valence-corrected chi connectivity index (χ3v) is 3.91. The summed E-state index contributed by atoms with van der Waals surface area (Å²) in [5.74, 6) is -1.47. The van der Waals surface area contributed by atoms with Crippen LogP contribution in [0.25, 0.3) is 6.08 Å². The van der Waals surface area contributed by atoms with Crippen molar-refractivity contribution in [3.63, 3.8) is 0 Å². The zero-order valence-corrected chi connectivity index (χ0v) is 11.9. The van der Waals surface area contributed by atoms with Crippen molar-refractivity contribution >= 4 is 12.0 Å². The van der Waals surface area contributed by atoms with E-state index < -0.39 is 11.8 Å². The Balaban J connectivity index is 2.17. The fraction of sp³-hybridized carbons (Fsp3) is 0.438. The van der Waals surface area contributed by atoms with E-state index in [9.17, 15) is 9.18 Å². The summed E-state index contributed by atoms with van der Waals surface area (Å²) >= 11 is 0. The predicted molar refractivity (Wildman–Crippen MR) is 76.8 cm³/mol. The molecule has 0 radical (unpaired) electrons. The molecule has 0 amide bonds. The molecular weight excluding hydrogens is 257 g/mol. The van der Waals surface area contributed by atoms with Gasteiger partial charge in [0.25, 0.3) is 0 Å². The lowest BCUT2D eigenvalue weighted by Crippen LogP contribution is -2.37. The first-order valence-electron chi connectivity index (χ1n) is 6.83. The molecule has 20 heavy (non-hydrogen) atoms. The van der Waals surface area contributed by atoms with Crippen LogP contribution in [-0.2, 0) is 11.3 Å². The average molecular weight is 277 g/mol. The quantitative estimate of drug-likeness (QED) is 0.858. The van der Waals surface area contributed by atoms with Crippen molar-refractivity contribution in [3.8, 4) is 0 Å². The monoisotopic (exact) mass is 277 g/mol. The minimum absolute atomic E-state index is 0.172. The highest BCUT2D eigenvalue weighted by atomic mass is 19.1. The van der Waals surface area contributed by atoms with Gasteiger partial charge in [-0.1, -0.05) is 6.07 Å². The Morgan fingerprint density at radius 1 is 1.50 bits per heavy atom. The minimum Gasteiger partial charge on any atom is -0.478 e. The highest BCUT2D eigenvalue weighted by Gasteiger charge is 2.31. The van der Waals surface area contributed by atoms with E-state index in [1.807, 2.05) is 0 Å². The first-order valence-corrected chi connectivity index (χ1v) is 6.83. The maximum absolute atomic E-state index is 13.6. The lowest BCUT2D eigenvalue weighted by atomic mass is 10.0. The third kappa shape index (κ3) is 3.45. The topological polar surface area (TPSA) is 40.5 Å². The van der Waals surface area contributed by atoms with E-state index in [1.165, 1.54) is 25.0 Å². The molecular formula is C16H20FNO2. The third-order valence-electron chi connectivity index (χ3n) is 3.91. The van der Waals surface area contributed by atoms with Crippen LogP contribution >= 0.6 is 0 Å². The van der Waals surface area contributed by atoms with Crippen LogP contribution in [0.3, 0.4) is 0 Å². The standard InChI is InChI=1S/C16H20FNO2/c1-16(2)8-3-9-18(16)11-12-4-6-14(17)13(10-12)5-7-15(19)20/h4-7,10H,3,8-9,11H2,1-2H3,(H,19,20). The van der Waals surface area contributed by atoms with Gasteiger partial charge in [-0.15, -0.1) is 0 Å². The second-order valence-electron chi connectivity index (χ2n) is 5.86. The first-order chi connectivity index (χ1) is 9.38. The number of rotatable bonds is 4. The highest BCUT2D eigenvalue weighted by Crippen LogP contribution is 2.30. The van der Waals surface area contributed by atoms with Crippen molar-refractivity contribution in [3.05, 3.63) is 41.2 Å². The number of aliphatic carboxylic acids is 1. The van der Waals surface area contributed by atoms with Gasteiger partial charge < -0.3 is 5.11 Å². The fourth-order valence-electron chi connectivity index (χ4n) is 2.66. The number of halogens is 1. The number of carbonyl (C=O) groups is 1. The molecule has 0 aliphatic carbocycles. The number of hydrogen-bond donors (Lipinski definition) is 1. The maximum Gasteiger partial charge on any atom is 0.328 e. The molecule has 1 aliphatic heterocycles. The Hall–Kier alpha value is -1.68. The molecule has 4 heteroatoms. The molecule has 1 heterocycles. The molecule has 1 aromatic rings. The lowest BCUT2D eigenvalue weighted by Gasteiger charge is -2.31. The summed E-state index contributed by atoms with van der Waals surface area (Å²) in [4.78, 5) is 12.9. The van der Waals surface area contributed by atoms with Crippen molar-refractivity contribution in [2.75, 3.05) is 6.54 Å². The van der Waals surface area contributed by atoms with Crippen LogP contribution in [0.1, 0.15) is 37.8 Å². The van der Waals surface area contributed by atoms with E-state index in [0.29, 0.717) is 5.56 Å². The van der Waals surface area contributed by atoms with Gasteiger partial charge >= 0.3 is 5.97 Å². The summed E-state index contributed by atoms with van der Waals surface area (Å²) in [6.45, 7) is 6.25. The predicted octanol–water partition coefficient (Wildman–Crippen LogP) is 3.30. The number of carboxylic acids is 1. The van der Waals surface area contributed by atoms with Crippen molar-refractivity contribution in [1.82, 2.24) is 4.90 Å². The second kappa shape index (κ2) is 5.75. The Morgan fingerprint density at radius 2 is 2.25 bits per heavy atom. The molecule has 1 aromatic carbocycles. The van der Waals surface area contributed by atoms with Crippen LogP contribution in [0.4, 0.5) is 4.39 Å². The zero-order chi connectivity index (χ0) is 14.8. The highest BCUT2D eigenvalue weighted by molar-refractivity contribution is 5.85. The summed E-state index contributed by atoms with van der Waals surface area (Å²) < 4.78 is 13.6. The Labute approximate surface area is 118 Å². The summed E-state index contributed by atoms with van der Waals surface area (Å²) in [7, 11) is 0. The van der Waals surface area contributed by atoms with Crippen molar-refractivity contribution < 1.29 is 14.3 Å². The summed E-state index contributed by atoms with van der Waals surface area (Å²) in [6.07, 6.45) is 4.61. The van der Waals surface area contributed by atoms with Gasteiger partial charge in [0.05, 0.1) is 0 Å². The molecule has 0 spiro atoms. The van der Waals surface area contributed by atoms with Gasteiger partial charge in [-0.2, -0.15) is 0 Å². The maximum atomic E-state index is 13.6. The molecule has 1 aliphatic rings. The second-order valence-corrected chi connectivity index (χ2v) is 5.86. The van der Waals surface area contributed by atoms with Gasteiger partial charge in [0, 0.05) is 23.7 Å². The van der Waals surface area contributed by atoms with Gasteiger partial charge in [-0.05, 0) is 57.0 Å². The normalized spacial score (nSPS) is 18.8. The Kier molecular flexibility index (Phi) is 4.23. The van der Waals surface area contributed by atoms with E-state index in [2.05, 4.69) is 18.7 Å². The van der Waals surface area contributed by atoms with E-state index >= 15 is 0 Å². The smallest absolute Gasteiger partial charge is 0.328 e. The Bertz CT molecular complexity index is 537. The van der Waals surface area contributed by atoms with Crippen LogP contribution in [0.5, 0.6) is 0 Å². The SMILES string of the molecule is CC1(C)CCCN1Cc1ccc(F)c(C=CC(=O)O)c1. The Morgan fingerprint density at radius 3 is 2.85 bits per heavy atom. The molecule has 0 atom stereocenters. The van der Waals surface area contributed by atoms with Crippen molar-refractivity contribution in [2.45, 2.75) is 38.8 Å². The molecule has 1 saturated heterocycles. The molecule has 3 nitrogen and oxygen atoms in total. The molecule has 1 fully saturated rings. The number of nitrogens with zero attached hydrogens (tertiary/aromatic N) is 1. The van der Waals surface area contributed by atoms with E-state index in [0.717, 1.165) is 24.7 Å². The molecule has 2 rings (SSSR count). The van der Waals surface area contributed by atoms with Gasteiger partial charge in [-0.3, -0.25) is 4.90 Å². The van der Waals surface area contributed by atoms with Gasteiger partial charge in [0.2, 0.25) is 0 Å². The number of benzene rings is 1. The zero-order valence-electron chi connectivity index (χ0n) is 11.9. The minimum atomic E-state index is -1.07. The van der Waals surface area contributed by atoms with Crippen LogP contribution in [-0.4, -0.2) is 28.1 Å². The van der Waals surface area contributed by atoms with Gasteiger partial charge in [0.15, 0.2) is 0 Å². The van der Waals surface area contributed by atoms with E-state index in [1.54, 1.807) is 12.1 Å². The molecule has 1 N–H and O–H groups in total. The average Bonchev–Trinajstić information content (AvgIpc) is 2.69. The number of likely N-dealkylation sites (tertiary alicyclic amines) is 1. The first kappa shape index (κ1) is 14.7. The largest absolute Gasteiger partial charge is 0.478 e. The van der Waals surface area contributed by atoms with Crippen LogP contribution < -0.4 is 0 Å². The van der Waals surface area contributed by atoms with Crippen molar-refractivity contribution in [2.24, 2.45) is 0 Å². The van der Waals surface area contributed by atoms with Gasteiger partial charge in [-0.25, -0.2) is 9.18 Å². The van der Waals surface area contributed by atoms with Gasteiger partial charge in [0.1, 0.15) is 5.82 Å². The lowest BCUT2D eigenvalue weighted by molar-refractivity contribution is -0.131. The number of carboxylic acid groups (broad SMARTS) is 1. The van der Waals surface area contributed by atoms with Crippen LogP contribution in [0.2, 0.25) is 0 Å². The van der Waals surface area contributed by atoms with Crippen molar-refractivity contribution in [1.29, 1.82) is 0 Å². The molecule has 108 valence electrons. The van der Waals surface area contributed by atoms with E-state index in [4.69, 9.17) is 5.11 Å². The summed E-state index contributed by atoms with van der Waals surface area (Å²) in [5.41, 5.74) is 1.50. The number of hydrogen-bond acceptors (Lipinski definition) is 2. The van der Waals surface area contributed by atoms with Crippen LogP contribution in [0.15, 0.2) is 24.3 Å². The molecule has 0 unspecified atom stereocenters. The van der Waals surface area contributed by atoms with Crippen LogP contribution in [0, 0.1) is 5.82 Å². The molecule has 0 saturated carbocycles. The summed E-state index contributed by atoms with van der Waals surface area (Å²) in [5, 5.41) is 8.62.